The molecule has 2 rings (SSSR count). The van der Waals surface area contributed by atoms with Gasteiger partial charge >= 0.3 is 0 Å². The fourth-order valence-electron chi connectivity index (χ4n) is 1.91. The van der Waals surface area contributed by atoms with Crippen LogP contribution in [-0.4, -0.2) is 54.3 Å². The van der Waals surface area contributed by atoms with Gasteiger partial charge in [0.05, 0.1) is 13.2 Å². The lowest BCUT2D eigenvalue weighted by atomic mass is 10.3. The zero-order valence-corrected chi connectivity index (χ0v) is 10.1. The molecule has 1 saturated heterocycles. The van der Waals surface area contributed by atoms with Crippen molar-refractivity contribution in [3.63, 3.8) is 0 Å². The van der Waals surface area contributed by atoms with E-state index in [1.807, 2.05) is 12.4 Å². The number of morpholine rings is 1. The van der Waals surface area contributed by atoms with Crippen LogP contribution in [0.1, 0.15) is 12.0 Å². The summed E-state index contributed by atoms with van der Waals surface area (Å²) in [7, 11) is 0. The van der Waals surface area contributed by atoms with Crippen LogP contribution in [0.15, 0.2) is 18.7 Å². The second-order valence-corrected chi connectivity index (χ2v) is 4.23. The van der Waals surface area contributed by atoms with Crippen molar-refractivity contribution in [2.45, 2.75) is 13.0 Å². The molecule has 0 unspecified atom stereocenters. The second kappa shape index (κ2) is 7.32. The Labute approximate surface area is 102 Å². The highest BCUT2D eigenvalue weighted by Crippen LogP contribution is 1.97. The van der Waals surface area contributed by atoms with E-state index in [0.29, 0.717) is 0 Å². The Morgan fingerprint density at radius 3 is 2.76 bits per heavy atom. The summed E-state index contributed by atoms with van der Waals surface area (Å²) in [6, 6.07) is 0. The van der Waals surface area contributed by atoms with E-state index < -0.39 is 0 Å². The third-order valence-electron chi connectivity index (χ3n) is 2.87. The minimum Gasteiger partial charge on any atom is -0.379 e. The summed E-state index contributed by atoms with van der Waals surface area (Å²) in [4.78, 5) is 10.4. The molecule has 0 spiro atoms. The van der Waals surface area contributed by atoms with Gasteiger partial charge in [0.25, 0.3) is 0 Å². The molecule has 0 amide bonds. The molecule has 5 heteroatoms. The Balaban J connectivity index is 1.51. The van der Waals surface area contributed by atoms with E-state index in [1.165, 1.54) is 6.42 Å². The van der Waals surface area contributed by atoms with Crippen molar-refractivity contribution in [2.24, 2.45) is 0 Å². The number of hydrogen-bond donors (Lipinski definition) is 1. The molecular weight excluding hydrogens is 216 g/mol. The van der Waals surface area contributed by atoms with E-state index >= 15 is 0 Å². The van der Waals surface area contributed by atoms with Gasteiger partial charge in [-0.1, -0.05) is 0 Å². The zero-order chi connectivity index (χ0) is 11.8. The van der Waals surface area contributed by atoms with Crippen LogP contribution in [-0.2, 0) is 11.3 Å². The van der Waals surface area contributed by atoms with E-state index in [4.69, 9.17) is 4.74 Å². The first-order chi connectivity index (χ1) is 8.45. The maximum atomic E-state index is 5.31. The Morgan fingerprint density at radius 1 is 1.24 bits per heavy atom. The molecule has 17 heavy (non-hydrogen) atoms. The predicted molar refractivity (Wildman–Crippen MR) is 65.6 cm³/mol. The molecule has 94 valence electrons. The Bertz CT molecular complexity index is 301. The number of nitrogens with zero attached hydrogens (tertiary/aromatic N) is 3. The standard InChI is InChI=1S/C12H20N4O/c1(3-16-4-6-17-7-5-16)2-13-8-12-9-14-11-15-10-12/h9-11,13H,1-8H2. The Morgan fingerprint density at radius 2 is 2.00 bits per heavy atom. The van der Waals surface area contributed by atoms with Crippen molar-refractivity contribution < 1.29 is 4.74 Å². The average molecular weight is 236 g/mol. The van der Waals surface area contributed by atoms with Crippen LogP contribution in [0.25, 0.3) is 0 Å². The maximum Gasteiger partial charge on any atom is 0.115 e. The van der Waals surface area contributed by atoms with Crippen LogP contribution in [0.4, 0.5) is 0 Å². The van der Waals surface area contributed by atoms with Gasteiger partial charge in [0.15, 0.2) is 0 Å². The van der Waals surface area contributed by atoms with E-state index in [2.05, 4.69) is 20.2 Å². The highest BCUT2D eigenvalue weighted by molar-refractivity contribution is 5.01. The number of hydrogen-bond acceptors (Lipinski definition) is 5. The molecule has 1 fully saturated rings. The van der Waals surface area contributed by atoms with Crippen LogP contribution in [0, 0.1) is 0 Å². The normalized spacial score (nSPS) is 17.2. The first-order valence-corrected chi connectivity index (χ1v) is 6.20. The van der Waals surface area contributed by atoms with E-state index in [0.717, 1.165) is 51.5 Å². The highest BCUT2D eigenvalue weighted by Gasteiger charge is 2.08. The van der Waals surface area contributed by atoms with Crippen LogP contribution < -0.4 is 5.32 Å². The van der Waals surface area contributed by atoms with Crippen LogP contribution in [0.3, 0.4) is 0 Å². The monoisotopic (exact) mass is 236 g/mol. The molecule has 0 aromatic carbocycles. The van der Waals surface area contributed by atoms with E-state index in [9.17, 15) is 0 Å². The topological polar surface area (TPSA) is 50.3 Å². The molecule has 0 saturated carbocycles. The predicted octanol–water partition coefficient (Wildman–Crippen LogP) is 0.288. The highest BCUT2D eigenvalue weighted by atomic mass is 16.5. The van der Waals surface area contributed by atoms with Crippen LogP contribution in [0.2, 0.25) is 0 Å². The van der Waals surface area contributed by atoms with Crippen molar-refractivity contribution in [1.82, 2.24) is 20.2 Å². The molecule has 1 aliphatic heterocycles. The quantitative estimate of drug-likeness (QED) is 0.719. The zero-order valence-electron chi connectivity index (χ0n) is 10.1. The summed E-state index contributed by atoms with van der Waals surface area (Å²) >= 11 is 0. The molecule has 0 bridgehead atoms. The summed E-state index contributed by atoms with van der Waals surface area (Å²) < 4.78 is 5.31. The smallest absolute Gasteiger partial charge is 0.115 e. The number of rotatable bonds is 6. The summed E-state index contributed by atoms with van der Waals surface area (Å²) in [5.41, 5.74) is 1.14. The lowest BCUT2D eigenvalue weighted by molar-refractivity contribution is 0.0374. The van der Waals surface area contributed by atoms with Crippen molar-refractivity contribution in [2.75, 3.05) is 39.4 Å². The average Bonchev–Trinajstić information content (AvgIpc) is 2.41. The van der Waals surface area contributed by atoms with Crippen molar-refractivity contribution in [3.8, 4) is 0 Å². The molecule has 0 atom stereocenters. The second-order valence-electron chi connectivity index (χ2n) is 4.23. The molecule has 1 aromatic heterocycles. The maximum absolute atomic E-state index is 5.31. The van der Waals surface area contributed by atoms with Gasteiger partial charge in [-0.25, -0.2) is 9.97 Å². The minimum absolute atomic E-state index is 0.851. The lowest BCUT2D eigenvalue weighted by Gasteiger charge is -2.26. The third-order valence-corrected chi connectivity index (χ3v) is 2.87. The lowest BCUT2D eigenvalue weighted by Crippen LogP contribution is -2.37. The summed E-state index contributed by atoms with van der Waals surface area (Å²) in [6.45, 7) is 6.96. The molecule has 0 radical (unpaired) electrons. The largest absolute Gasteiger partial charge is 0.379 e. The van der Waals surface area contributed by atoms with Gasteiger partial charge in [-0.15, -0.1) is 0 Å². The van der Waals surface area contributed by atoms with Crippen molar-refractivity contribution >= 4 is 0 Å². The molecular formula is C12H20N4O. The van der Waals surface area contributed by atoms with Crippen LogP contribution in [0.5, 0.6) is 0 Å². The van der Waals surface area contributed by atoms with E-state index in [-0.39, 0.29) is 0 Å². The molecule has 0 aliphatic carbocycles. The first kappa shape index (κ1) is 12.4. The summed E-state index contributed by atoms with van der Waals surface area (Å²) in [5.74, 6) is 0. The summed E-state index contributed by atoms with van der Waals surface area (Å²) in [5, 5.41) is 3.40. The minimum atomic E-state index is 0.851. The Kier molecular flexibility index (Phi) is 5.35. The van der Waals surface area contributed by atoms with Crippen molar-refractivity contribution in [3.05, 3.63) is 24.3 Å². The molecule has 2 heterocycles. The van der Waals surface area contributed by atoms with Gasteiger partial charge in [-0.05, 0) is 19.5 Å². The molecule has 5 nitrogen and oxygen atoms in total. The Hall–Kier alpha value is -1.04. The number of ether oxygens (including phenoxy) is 1. The first-order valence-electron chi connectivity index (χ1n) is 6.20. The fraction of sp³-hybridized carbons (Fsp3) is 0.667. The summed E-state index contributed by atoms with van der Waals surface area (Å²) in [6.07, 6.45) is 6.43. The molecule has 1 aromatic rings. The van der Waals surface area contributed by atoms with Gasteiger partial charge in [0, 0.05) is 37.6 Å². The third kappa shape index (κ3) is 4.77. The van der Waals surface area contributed by atoms with Crippen LogP contribution >= 0.6 is 0 Å². The van der Waals surface area contributed by atoms with Gasteiger partial charge in [-0.3, -0.25) is 4.90 Å². The number of nitrogens with one attached hydrogen (secondary N) is 1. The molecule has 1 N–H and O–H groups in total. The van der Waals surface area contributed by atoms with E-state index in [1.54, 1.807) is 6.33 Å². The van der Waals surface area contributed by atoms with Gasteiger partial charge in [0.1, 0.15) is 6.33 Å². The van der Waals surface area contributed by atoms with Gasteiger partial charge in [-0.2, -0.15) is 0 Å². The van der Waals surface area contributed by atoms with Crippen molar-refractivity contribution in [1.29, 1.82) is 0 Å². The van der Waals surface area contributed by atoms with Gasteiger partial charge < -0.3 is 10.1 Å². The molecule has 1 aliphatic rings. The van der Waals surface area contributed by atoms with Gasteiger partial charge in [0.2, 0.25) is 0 Å². The SMILES string of the molecule is c1ncc(CNCCCN2CCOCC2)cn1. The fourth-order valence-corrected chi connectivity index (χ4v) is 1.91. The number of aromatic nitrogens is 2.